The van der Waals surface area contributed by atoms with Gasteiger partial charge in [0.2, 0.25) is 0 Å². The summed E-state index contributed by atoms with van der Waals surface area (Å²) in [6, 6.07) is 4.62. The summed E-state index contributed by atoms with van der Waals surface area (Å²) in [5.41, 5.74) is 12.1. The Labute approximate surface area is 141 Å². The number of hydrogen-bond acceptors (Lipinski definition) is 6. The number of nitrogens with two attached hydrogens (primary N) is 2. The van der Waals surface area contributed by atoms with Gasteiger partial charge in [-0.1, -0.05) is 7.43 Å². The summed E-state index contributed by atoms with van der Waals surface area (Å²) in [5.74, 6) is 1.01. The second-order valence-corrected chi connectivity index (χ2v) is 6.71. The summed E-state index contributed by atoms with van der Waals surface area (Å²) in [4.78, 5) is 4.62. The third-order valence-corrected chi connectivity index (χ3v) is 5.46. The van der Waals surface area contributed by atoms with Gasteiger partial charge in [-0.15, -0.1) is 11.8 Å². The maximum absolute atomic E-state index is 14.3. The second kappa shape index (κ2) is 7.99. The van der Waals surface area contributed by atoms with E-state index in [0.717, 1.165) is 7.11 Å². The van der Waals surface area contributed by atoms with Crippen LogP contribution in [0.25, 0.3) is 0 Å². The van der Waals surface area contributed by atoms with E-state index in [9.17, 15) is 4.39 Å². The molecular weight excluding hydrogens is 317 g/mol. The standard InChI is InChI=1S/C14H18FN3OS.CH4O.CH4/c1-14(9-4-8(16)2-3-11(9)15)10-5-19-6-12(10)20-7-13(17)18-14;1-2;/h2-4,10,12H,5-7,16H2,1H3,(H2,17,18);2H,1H3;1H4/t10?,12-,14+;;/m0../s1. The zero-order valence-electron chi connectivity index (χ0n) is 12.8. The van der Waals surface area contributed by atoms with E-state index in [2.05, 4.69) is 4.99 Å². The average molecular weight is 343 g/mol. The zero-order chi connectivity index (χ0) is 16.3. The van der Waals surface area contributed by atoms with Gasteiger partial charge >= 0.3 is 0 Å². The van der Waals surface area contributed by atoms with Crippen molar-refractivity contribution in [1.82, 2.24) is 0 Å². The Morgan fingerprint density at radius 3 is 2.74 bits per heavy atom. The van der Waals surface area contributed by atoms with E-state index < -0.39 is 5.54 Å². The first-order valence-electron chi connectivity index (χ1n) is 7.04. The van der Waals surface area contributed by atoms with Gasteiger partial charge in [-0.05, 0) is 25.1 Å². The topological polar surface area (TPSA) is 93.9 Å². The molecule has 2 aliphatic heterocycles. The van der Waals surface area contributed by atoms with E-state index in [-0.39, 0.29) is 24.4 Å². The fourth-order valence-corrected chi connectivity index (χ4v) is 4.24. The van der Waals surface area contributed by atoms with Crippen molar-refractivity contribution in [2.24, 2.45) is 16.6 Å². The molecule has 0 aromatic heterocycles. The highest BCUT2D eigenvalue weighted by atomic mass is 32.2. The predicted molar refractivity (Wildman–Crippen MR) is 95.2 cm³/mol. The minimum Gasteiger partial charge on any atom is -0.400 e. The van der Waals surface area contributed by atoms with E-state index in [4.69, 9.17) is 21.3 Å². The molecule has 5 N–H and O–H groups in total. The van der Waals surface area contributed by atoms with Crippen LogP contribution in [0.2, 0.25) is 0 Å². The molecule has 0 spiro atoms. The summed E-state index contributed by atoms with van der Waals surface area (Å²) in [7, 11) is 1.00. The number of nitrogens with zero attached hydrogens (tertiary/aromatic N) is 1. The van der Waals surface area contributed by atoms with Crippen molar-refractivity contribution in [2.45, 2.75) is 25.1 Å². The van der Waals surface area contributed by atoms with Gasteiger partial charge < -0.3 is 21.3 Å². The van der Waals surface area contributed by atoms with Crippen molar-refractivity contribution in [2.75, 3.05) is 31.8 Å². The van der Waals surface area contributed by atoms with Crippen LogP contribution in [0.4, 0.5) is 10.1 Å². The number of anilines is 1. The number of ether oxygens (including phenoxy) is 1. The molecule has 2 aliphatic rings. The van der Waals surface area contributed by atoms with E-state index in [1.807, 2.05) is 6.92 Å². The molecule has 0 bridgehead atoms. The number of thioether (sulfide) groups is 1. The minimum absolute atomic E-state index is 0. The number of fused-ring (bicyclic) bond motifs is 1. The summed E-state index contributed by atoms with van der Waals surface area (Å²) in [6.45, 7) is 3.16. The Morgan fingerprint density at radius 1 is 1.35 bits per heavy atom. The summed E-state index contributed by atoms with van der Waals surface area (Å²) < 4.78 is 19.9. The smallest absolute Gasteiger partial charge is 0.128 e. The summed E-state index contributed by atoms with van der Waals surface area (Å²) in [6.07, 6.45) is 0. The van der Waals surface area contributed by atoms with E-state index in [1.54, 1.807) is 23.9 Å². The van der Waals surface area contributed by atoms with E-state index in [1.165, 1.54) is 6.07 Å². The zero-order valence-corrected chi connectivity index (χ0v) is 13.6. The SMILES string of the molecule is C.CO.C[C@]1(c2cc(N)ccc2F)N=C(N)CS[C@H]2COCC21. The minimum atomic E-state index is -0.728. The van der Waals surface area contributed by atoms with Crippen LogP contribution in [0.15, 0.2) is 23.2 Å². The highest BCUT2D eigenvalue weighted by Crippen LogP contribution is 2.45. The van der Waals surface area contributed by atoms with Crippen LogP contribution in [0.5, 0.6) is 0 Å². The Bertz CT molecular complexity index is 570. The number of amidine groups is 1. The van der Waals surface area contributed by atoms with Gasteiger partial charge in [-0.2, -0.15) is 0 Å². The van der Waals surface area contributed by atoms with Crippen LogP contribution >= 0.6 is 11.8 Å². The number of hydrogen-bond donors (Lipinski definition) is 3. The third kappa shape index (κ3) is 3.79. The Hall–Kier alpha value is -1.31. The van der Waals surface area contributed by atoms with Gasteiger partial charge in [0.15, 0.2) is 0 Å². The molecule has 3 atom stereocenters. The molecule has 7 heteroatoms. The van der Waals surface area contributed by atoms with Crippen LogP contribution in [0.1, 0.15) is 19.9 Å². The number of aliphatic hydroxyl groups is 1. The molecule has 0 aliphatic carbocycles. The van der Waals surface area contributed by atoms with Crippen molar-refractivity contribution in [3.05, 3.63) is 29.6 Å². The van der Waals surface area contributed by atoms with E-state index in [0.29, 0.717) is 36.1 Å². The van der Waals surface area contributed by atoms with E-state index >= 15 is 0 Å². The molecule has 1 saturated heterocycles. The molecule has 5 nitrogen and oxygen atoms in total. The van der Waals surface area contributed by atoms with Crippen LogP contribution in [0, 0.1) is 11.7 Å². The molecule has 23 heavy (non-hydrogen) atoms. The molecule has 2 heterocycles. The lowest BCUT2D eigenvalue weighted by Gasteiger charge is -2.33. The Balaban J connectivity index is 0.000000849. The normalized spacial score (nSPS) is 29.3. The van der Waals surface area contributed by atoms with Crippen LogP contribution in [-0.4, -0.2) is 42.3 Å². The van der Waals surface area contributed by atoms with Crippen LogP contribution in [-0.2, 0) is 10.3 Å². The van der Waals surface area contributed by atoms with Gasteiger partial charge in [-0.3, -0.25) is 4.99 Å². The summed E-state index contributed by atoms with van der Waals surface area (Å²) in [5, 5.41) is 7.28. The molecule has 0 radical (unpaired) electrons. The van der Waals surface area contributed by atoms with Crippen LogP contribution < -0.4 is 11.5 Å². The average Bonchev–Trinajstić information content (AvgIpc) is 2.94. The number of benzene rings is 1. The molecule has 1 aromatic carbocycles. The largest absolute Gasteiger partial charge is 0.400 e. The first kappa shape index (κ1) is 19.7. The summed E-state index contributed by atoms with van der Waals surface area (Å²) >= 11 is 1.74. The highest BCUT2D eigenvalue weighted by Gasteiger charge is 2.47. The number of rotatable bonds is 1. The number of nitrogen functional groups attached to an aromatic ring is 1. The van der Waals surface area contributed by atoms with Crippen molar-refractivity contribution < 1.29 is 14.2 Å². The van der Waals surface area contributed by atoms with Crippen molar-refractivity contribution in [1.29, 1.82) is 0 Å². The molecule has 0 amide bonds. The van der Waals surface area contributed by atoms with Gasteiger partial charge in [0.05, 0.1) is 24.5 Å². The highest BCUT2D eigenvalue weighted by molar-refractivity contribution is 8.00. The number of halogens is 1. The maximum Gasteiger partial charge on any atom is 0.128 e. The first-order chi connectivity index (χ1) is 10.5. The van der Waals surface area contributed by atoms with Crippen molar-refractivity contribution in [3.63, 3.8) is 0 Å². The number of aliphatic imine (C=N–C) groups is 1. The lowest BCUT2D eigenvalue weighted by molar-refractivity contribution is 0.166. The lowest BCUT2D eigenvalue weighted by Crippen LogP contribution is -2.37. The molecule has 1 fully saturated rings. The van der Waals surface area contributed by atoms with Crippen LogP contribution in [0.3, 0.4) is 0 Å². The van der Waals surface area contributed by atoms with Crippen molar-refractivity contribution >= 4 is 23.3 Å². The second-order valence-electron chi connectivity index (χ2n) is 5.48. The third-order valence-electron chi connectivity index (χ3n) is 4.11. The van der Waals surface area contributed by atoms with Gasteiger partial charge in [0.1, 0.15) is 11.7 Å². The monoisotopic (exact) mass is 343 g/mol. The molecule has 1 aromatic rings. The Morgan fingerprint density at radius 2 is 2.04 bits per heavy atom. The van der Waals surface area contributed by atoms with Gasteiger partial charge in [0, 0.05) is 29.5 Å². The fraction of sp³-hybridized carbons (Fsp3) is 0.562. The molecule has 3 rings (SSSR count). The Kier molecular flexibility index (Phi) is 6.85. The van der Waals surface area contributed by atoms with Gasteiger partial charge in [0.25, 0.3) is 0 Å². The molecule has 0 saturated carbocycles. The first-order valence-corrected chi connectivity index (χ1v) is 8.09. The van der Waals surface area contributed by atoms with Crippen molar-refractivity contribution in [3.8, 4) is 0 Å². The maximum atomic E-state index is 14.3. The number of aliphatic hydroxyl groups excluding tert-OH is 1. The molecule has 1 unspecified atom stereocenters. The predicted octanol–water partition coefficient (Wildman–Crippen LogP) is 1.99. The lowest BCUT2D eigenvalue weighted by atomic mass is 9.79. The molecule has 130 valence electrons. The molecular formula is C16H26FN3O2S. The quantitative estimate of drug-likeness (QED) is 0.678. The van der Waals surface area contributed by atoms with Gasteiger partial charge in [-0.25, -0.2) is 4.39 Å². The fourth-order valence-electron chi connectivity index (χ4n) is 3.02.